The van der Waals surface area contributed by atoms with Gasteiger partial charge in [0.2, 0.25) is 18.1 Å². The maximum absolute atomic E-state index is 13.0. The molecule has 14 nitrogen and oxygen atoms in total. The van der Waals surface area contributed by atoms with E-state index in [0.717, 1.165) is 19.1 Å². The van der Waals surface area contributed by atoms with Gasteiger partial charge in [-0.25, -0.2) is 4.79 Å². The molecule has 49 heavy (non-hydrogen) atoms. The highest BCUT2D eigenvalue weighted by Crippen LogP contribution is 2.27. The zero-order valence-electron chi connectivity index (χ0n) is 28.8. The number of hydrogen-bond acceptors (Lipinski definition) is 10. The fourth-order valence-corrected chi connectivity index (χ4v) is 4.65. The van der Waals surface area contributed by atoms with E-state index in [1.54, 1.807) is 18.0 Å². The summed E-state index contributed by atoms with van der Waals surface area (Å²) in [5.74, 6) is -1.91. The molecule has 4 N–H and O–H groups in total. The number of carbonyl (C=O) groups excluding carboxylic acids is 5. The first-order valence-electron chi connectivity index (χ1n) is 16.4. The number of aldehydes is 1. The Balaban J connectivity index is 0.00000554. The number of carbonyl (C=O) groups is 6. The number of hydrogen-bond donors (Lipinski definition) is 4. The zero-order valence-corrected chi connectivity index (χ0v) is 28.8. The molecule has 1 aliphatic heterocycles. The summed E-state index contributed by atoms with van der Waals surface area (Å²) in [4.78, 5) is 72.0. The van der Waals surface area contributed by atoms with Crippen LogP contribution in [0.25, 0.3) is 0 Å². The first-order valence-corrected chi connectivity index (χ1v) is 16.4. The average Bonchev–Trinajstić information content (AvgIpc) is 3.02. The number of nitrogens with zero attached hydrogens (tertiary/aromatic N) is 1. The quantitative estimate of drug-likeness (QED) is 0.115. The molecular weight excluding hydrogens is 638 g/mol. The lowest BCUT2D eigenvalue weighted by Crippen LogP contribution is -2.42. The first-order chi connectivity index (χ1) is 22.8. The van der Waals surface area contributed by atoms with Crippen LogP contribution in [0.2, 0.25) is 0 Å². The second-order valence-electron chi connectivity index (χ2n) is 12.5. The number of rotatable bonds is 20. The molecule has 1 fully saturated rings. The van der Waals surface area contributed by atoms with Gasteiger partial charge in [0.15, 0.2) is 6.10 Å². The Hall–Kier alpha value is -4.04. The number of amides is 3. The van der Waals surface area contributed by atoms with Crippen LogP contribution in [0.1, 0.15) is 109 Å². The van der Waals surface area contributed by atoms with Crippen LogP contribution >= 0.6 is 0 Å². The van der Waals surface area contributed by atoms with Gasteiger partial charge in [0.1, 0.15) is 18.6 Å². The second kappa shape index (κ2) is 24.2. The van der Waals surface area contributed by atoms with E-state index in [0.29, 0.717) is 37.8 Å². The maximum atomic E-state index is 13.0. The molecule has 3 unspecified atom stereocenters. The molecule has 0 saturated carbocycles. The summed E-state index contributed by atoms with van der Waals surface area (Å²) in [6.07, 6.45) is 1.69. The lowest BCUT2D eigenvalue weighted by Gasteiger charge is -2.31. The molecule has 1 aliphatic rings. The highest BCUT2D eigenvalue weighted by Gasteiger charge is 2.34. The molecule has 0 radical (unpaired) electrons. The average molecular weight is 696 g/mol. The highest BCUT2D eigenvalue weighted by atomic mass is 16.7. The van der Waals surface area contributed by atoms with E-state index in [1.165, 1.54) is 18.6 Å². The predicted octanol–water partition coefficient (Wildman–Crippen LogP) is 3.61. The van der Waals surface area contributed by atoms with E-state index in [9.17, 15) is 39.0 Å². The summed E-state index contributed by atoms with van der Waals surface area (Å²) < 4.78 is 15.9. The first kappa shape index (κ1) is 45.0. The van der Waals surface area contributed by atoms with Crippen molar-refractivity contribution in [3.63, 3.8) is 0 Å². The number of nitrogens with one attached hydrogen (secondary N) is 2. The van der Waals surface area contributed by atoms with E-state index < -0.39 is 30.4 Å². The van der Waals surface area contributed by atoms with Gasteiger partial charge in [0.05, 0.1) is 11.7 Å². The van der Waals surface area contributed by atoms with Crippen molar-refractivity contribution in [2.45, 2.75) is 118 Å². The summed E-state index contributed by atoms with van der Waals surface area (Å²) in [6.45, 7) is 9.03. The monoisotopic (exact) mass is 695 g/mol. The van der Waals surface area contributed by atoms with Crippen LogP contribution in [-0.4, -0.2) is 96.7 Å². The fourth-order valence-electron chi connectivity index (χ4n) is 4.65. The Kier molecular flexibility index (Phi) is 22.2. The number of ether oxygens (including phenoxy) is 3. The SMILES string of the molecule is C.CCC.CN(CCCCCC(=O)NCCNC(=O)c1cc(COC=O)ccc1OC1CC(O)CC(C(=O)O)O1)C(=O)CC(C)(C)CC=O. The molecule has 14 heteroatoms. The van der Waals surface area contributed by atoms with E-state index >= 15 is 0 Å². The fraction of sp³-hybridized carbons (Fsp3) is 0.657. The summed E-state index contributed by atoms with van der Waals surface area (Å²) in [6, 6.07) is 4.48. The highest BCUT2D eigenvalue weighted by molar-refractivity contribution is 5.97. The molecule has 2 rings (SSSR count). The second-order valence-corrected chi connectivity index (χ2v) is 12.5. The summed E-state index contributed by atoms with van der Waals surface area (Å²) >= 11 is 0. The summed E-state index contributed by atoms with van der Waals surface area (Å²) in [5.41, 5.74) is 0.191. The minimum Gasteiger partial charge on any atom is -0.479 e. The third kappa shape index (κ3) is 18.3. The minimum absolute atomic E-state index is 0. The molecule has 1 heterocycles. The third-order valence-corrected chi connectivity index (χ3v) is 7.23. The number of aliphatic hydroxyl groups excluding tert-OH is 1. The lowest BCUT2D eigenvalue weighted by molar-refractivity contribution is -0.195. The van der Waals surface area contributed by atoms with Crippen molar-refractivity contribution < 1.29 is 53.2 Å². The van der Waals surface area contributed by atoms with Gasteiger partial charge in [-0.15, -0.1) is 0 Å². The number of benzene rings is 1. The molecular formula is C35H57N3O11. The van der Waals surface area contributed by atoms with Gasteiger partial charge in [-0.1, -0.05) is 54.0 Å². The molecule has 0 aromatic heterocycles. The van der Waals surface area contributed by atoms with E-state index in [4.69, 9.17) is 14.2 Å². The van der Waals surface area contributed by atoms with Gasteiger partial charge in [-0.3, -0.25) is 19.2 Å². The smallest absolute Gasteiger partial charge is 0.333 e. The van der Waals surface area contributed by atoms with Gasteiger partial charge in [-0.05, 0) is 36.0 Å². The molecule has 0 spiro atoms. The predicted molar refractivity (Wildman–Crippen MR) is 183 cm³/mol. The van der Waals surface area contributed by atoms with Crippen molar-refractivity contribution in [1.82, 2.24) is 15.5 Å². The molecule has 278 valence electrons. The number of unbranched alkanes of at least 4 members (excludes halogenated alkanes) is 2. The Bertz CT molecular complexity index is 1190. The molecule has 3 amide bonds. The number of aliphatic carboxylic acids is 1. The molecule has 3 atom stereocenters. The molecule has 1 saturated heterocycles. The molecule has 1 aromatic carbocycles. The van der Waals surface area contributed by atoms with E-state index in [1.807, 2.05) is 13.8 Å². The number of aliphatic hydroxyl groups is 1. The Labute approximate surface area is 290 Å². The lowest BCUT2D eigenvalue weighted by atomic mass is 9.86. The minimum atomic E-state index is -1.26. The maximum Gasteiger partial charge on any atom is 0.333 e. The summed E-state index contributed by atoms with van der Waals surface area (Å²) in [5, 5.41) is 24.7. The van der Waals surface area contributed by atoms with E-state index in [2.05, 4.69) is 24.5 Å². The Morgan fingerprint density at radius 3 is 2.37 bits per heavy atom. The number of carboxylic acids is 1. The van der Waals surface area contributed by atoms with Crippen LogP contribution in [-0.2, 0) is 40.1 Å². The van der Waals surface area contributed by atoms with Crippen LogP contribution in [0.4, 0.5) is 0 Å². The van der Waals surface area contributed by atoms with Gasteiger partial charge in [-0.2, -0.15) is 0 Å². The van der Waals surface area contributed by atoms with Crippen molar-refractivity contribution in [1.29, 1.82) is 0 Å². The van der Waals surface area contributed by atoms with Crippen LogP contribution in [0.15, 0.2) is 18.2 Å². The largest absolute Gasteiger partial charge is 0.479 e. The van der Waals surface area contributed by atoms with Crippen molar-refractivity contribution >= 4 is 36.4 Å². The van der Waals surface area contributed by atoms with Crippen molar-refractivity contribution in [3.8, 4) is 5.75 Å². The standard InChI is InChI=1S/C31H45N3O11.C3H8.CH4/c1-31(2,10-14-35)18-27(39)34(3)13-6-4-5-7-26(38)32-11-12-33-29(40)23-15-21(19-43-20-36)8-9-24(23)44-28-17-22(37)16-25(45-28)30(41)42;1-3-2;/h8-9,14-15,20,22,25,28,37H,4-7,10-13,16-19H2,1-3H3,(H,32,38)(H,33,40)(H,41,42);3H2,1-2H3;1H4. The zero-order chi connectivity index (χ0) is 36.1. The van der Waals surface area contributed by atoms with Crippen LogP contribution in [0, 0.1) is 5.41 Å². The Morgan fingerprint density at radius 1 is 1.06 bits per heavy atom. The van der Waals surface area contributed by atoms with Crippen LogP contribution in [0.3, 0.4) is 0 Å². The normalized spacial score (nSPS) is 16.8. The number of carboxylic acid groups (broad SMARTS) is 1. The van der Waals surface area contributed by atoms with Crippen molar-refractivity contribution in [2.24, 2.45) is 5.41 Å². The van der Waals surface area contributed by atoms with Crippen LogP contribution in [0.5, 0.6) is 5.75 Å². The Morgan fingerprint density at radius 2 is 1.73 bits per heavy atom. The van der Waals surface area contributed by atoms with Gasteiger partial charge < -0.3 is 44.8 Å². The molecule has 1 aromatic rings. The van der Waals surface area contributed by atoms with Gasteiger partial charge in [0.25, 0.3) is 12.4 Å². The topological polar surface area (TPSA) is 198 Å². The molecule has 0 bridgehead atoms. The summed E-state index contributed by atoms with van der Waals surface area (Å²) in [7, 11) is 1.73. The van der Waals surface area contributed by atoms with Gasteiger partial charge in [0, 0.05) is 58.8 Å². The van der Waals surface area contributed by atoms with Crippen molar-refractivity contribution in [3.05, 3.63) is 29.3 Å². The van der Waals surface area contributed by atoms with E-state index in [-0.39, 0.29) is 75.0 Å². The third-order valence-electron chi connectivity index (χ3n) is 7.23. The van der Waals surface area contributed by atoms with Gasteiger partial charge >= 0.3 is 5.97 Å². The van der Waals surface area contributed by atoms with Crippen molar-refractivity contribution in [2.75, 3.05) is 26.7 Å². The molecule has 0 aliphatic carbocycles. The van der Waals surface area contributed by atoms with Crippen LogP contribution < -0.4 is 15.4 Å².